The average molecular weight is 323 g/mol. The fourth-order valence-corrected chi connectivity index (χ4v) is 2.82. The van der Waals surface area contributed by atoms with Crippen LogP contribution in [0.4, 0.5) is 13.2 Å². The molecule has 2 aromatic rings. The van der Waals surface area contributed by atoms with Crippen molar-refractivity contribution in [2.24, 2.45) is 0 Å². The van der Waals surface area contributed by atoms with Crippen LogP contribution in [-0.4, -0.2) is 33.9 Å². The first-order chi connectivity index (χ1) is 10.8. The molecule has 1 fully saturated rings. The number of carbonyl (C=O) groups is 1. The Morgan fingerprint density at radius 2 is 2.17 bits per heavy atom. The number of rotatable bonds is 2. The number of imidazole rings is 1. The number of likely N-dealkylation sites (tertiary alicyclic amines) is 1. The monoisotopic (exact) mass is 323 g/mol. The smallest absolute Gasteiger partial charge is 0.346 e. The van der Waals surface area contributed by atoms with Crippen molar-refractivity contribution >= 4 is 5.91 Å². The molecule has 1 atom stereocenters. The van der Waals surface area contributed by atoms with Gasteiger partial charge in [0.1, 0.15) is 5.82 Å². The Labute approximate surface area is 131 Å². The lowest BCUT2D eigenvalue weighted by atomic mass is 10.1. The molecule has 1 saturated heterocycles. The quantitative estimate of drug-likeness (QED) is 0.921. The van der Waals surface area contributed by atoms with E-state index in [2.05, 4.69) is 9.97 Å². The zero-order chi connectivity index (χ0) is 16.6. The summed E-state index contributed by atoms with van der Waals surface area (Å²) in [5, 5.41) is 0. The number of benzene rings is 1. The molecular weight excluding hydrogens is 307 g/mol. The zero-order valence-corrected chi connectivity index (χ0v) is 12.5. The molecule has 0 spiro atoms. The predicted octanol–water partition coefficient (Wildman–Crippen LogP) is 3.37. The van der Waals surface area contributed by atoms with Gasteiger partial charge in [0, 0.05) is 36.5 Å². The van der Waals surface area contributed by atoms with Crippen LogP contribution in [-0.2, 0) is 6.18 Å². The number of hydrogen-bond acceptors (Lipinski definition) is 2. The number of halogens is 3. The number of aryl methyl sites for hydroxylation is 1. The van der Waals surface area contributed by atoms with Gasteiger partial charge in [0.05, 0.1) is 5.56 Å². The summed E-state index contributed by atoms with van der Waals surface area (Å²) in [6.07, 6.45) is -1.97. The number of nitrogens with zero attached hydrogens (tertiary/aromatic N) is 2. The van der Waals surface area contributed by atoms with Crippen LogP contribution in [0.3, 0.4) is 0 Å². The Balaban J connectivity index is 1.74. The summed E-state index contributed by atoms with van der Waals surface area (Å²) in [4.78, 5) is 21.4. The minimum Gasteiger partial charge on any atom is -0.346 e. The van der Waals surface area contributed by atoms with Gasteiger partial charge in [-0.25, -0.2) is 4.98 Å². The number of aromatic amines is 1. The summed E-state index contributed by atoms with van der Waals surface area (Å²) < 4.78 is 38.3. The largest absolute Gasteiger partial charge is 0.416 e. The van der Waals surface area contributed by atoms with Crippen LogP contribution in [0.5, 0.6) is 0 Å². The Kier molecular flexibility index (Phi) is 3.87. The lowest BCUT2D eigenvalue weighted by molar-refractivity contribution is -0.137. The van der Waals surface area contributed by atoms with E-state index in [4.69, 9.17) is 0 Å². The number of amides is 1. The van der Waals surface area contributed by atoms with E-state index in [1.54, 1.807) is 11.1 Å². The molecule has 1 N–H and O–H groups in total. The molecule has 1 aliphatic rings. The summed E-state index contributed by atoms with van der Waals surface area (Å²) >= 11 is 0. The first kappa shape index (κ1) is 15.6. The maximum absolute atomic E-state index is 12.8. The molecule has 1 aliphatic heterocycles. The molecule has 0 bridgehead atoms. The van der Waals surface area contributed by atoms with Gasteiger partial charge in [-0.15, -0.1) is 0 Å². The third-order valence-corrected chi connectivity index (χ3v) is 4.02. The van der Waals surface area contributed by atoms with E-state index in [0.717, 1.165) is 30.1 Å². The minimum atomic E-state index is -4.45. The molecule has 2 heterocycles. The van der Waals surface area contributed by atoms with Gasteiger partial charge in [0.25, 0.3) is 5.91 Å². The number of carbonyl (C=O) groups excluding carboxylic acids is 1. The third-order valence-electron chi connectivity index (χ3n) is 4.02. The van der Waals surface area contributed by atoms with Gasteiger partial charge >= 0.3 is 6.18 Å². The zero-order valence-electron chi connectivity index (χ0n) is 12.5. The highest BCUT2D eigenvalue weighted by Gasteiger charge is 2.33. The molecule has 1 amide bonds. The van der Waals surface area contributed by atoms with Crippen molar-refractivity contribution in [3.8, 4) is 0 Å². The van der Waals surface area contributed by atoms with Gasteiger partial charge in [-0.1, -0.05) is 6.07 Å². The molecule has 0 radical (unpaired) electrons. The first-order valence-corrected chi connectivity index (χ1v) is 7.32. The molecule has 1 unspecified atom stereocenters. The van der Waals surface area contributed by atoms with E-state index < -0.39 is 11.7 Å². The van der Waals surface area contributed by atoms with Crippen LogP contribution < -0.4 is 0 Å². The molecular formula is C16H16F3N3O. The molecule has 3 rings (SSSR count). The molecule has 7 heteroatoms. The lowest BCUT2D eigenvalue weighted by Crippen LogP contribution is -2.28. The molecule has 4 nitrogen and oxygen atoms in total. The summed E-state index contributed by atoms with van der Waals surface area (Å²) in [7, 11) is 0. The molecule has 0 saturated carbocycles. The van der Waals surface area contributed by atoms with Crippen molar-refractivity contribution in [2.45, 2.75) is 25.4 Å². The Hall–Kier alpha value is -2.31. The van der Waals surface area contributed by atoms with E-state index in [0.29, 0.717) is 13.1 Å². The van der Waals surface area contributed by atoms with Gasteiger partial charge < -0.3 is 9.88 Å². The Bertz CT molecular complexity index is 723. The number of nitrogens with one attached hydrogen (secondary N) is 1. The third kappa shape index (κ3) is 3.23. The van der Waals surface area contributed by atoms with Crippen LogP contribution in [0, 0.1) is 6.92 Å². The maximum atomic E-state index is 12.8. The summed E-state index contributed by atoms with van der Waals surface area (Å²) in [6, 6.07) is 4.56. The predicted molar refractivity (Wildman–Crippen MR) is 78.0 cm³/mol. The van der Waals surface area contributed by atoms with Gasteiger partial charge in [-0.05, 0) is 31.5 Å². The van der Waals surface area contributed by atoms with Crippen LogP contribution in [0.25, 0.3) is 0 Å². The number of alkyl halides is 3. The van der Waals surface area contributed by atoms with Gasteiger partial charge in [-0.3, -0.25) is 4.79 Å². The van der Waals surface area contributed by atoms with Crippen LogP contribution in [0.2, 0.25) is 0 Å². The molecule has 0 aliphatic carbocycles. The summed E-state index contributed by atoms with van der Waals surface area (Å²) in [5.74, 6) is 0.544. The first-order valence-electron chi connectivity index (χ1n) is 7.32. The molecule has 1 aromatic heterocycles. The van der Waals surface area contributed by atoms with Crippen LogP contribution >= 0.6 is 0 Å². The van der Waals surface area contributed by atoms with Crippen molar-refractivity contribution in [1.29, 1.82) is 0 Å². The van der Waals surface area contributed by atoms with Crippen molar-refractivity contribution in [2.75, 3.05) is 13.1 Å². The SMILES string of the molecule is Cc1cnc(C2CCN(C(=O)c3cccc(C(F)(F)F)c3)C2)[nH]1. The highest BCUT2D eigenvalue weighted by molar-refractivity contribution is 5.94. The molecule has 1 aromatic carbocycles. The van der Waals surface area contributed by atoms with E-state index in [-0.39, 0.29) is 17.4 Å². The number of aromatic nitrogens is 2. The highest BCUT2D eigenvalue weighted by Crippen LogP contribution is 2.31. The van der Waals surface area contributed by atoms with Crippen molar-refractivity contribution < 1.29 is 18.0 Å². The topological polar surface area (TPSA) is 49.0 Å². The fraction of sp³-hybridized carbons (Fsp3) is 0.375. The minimum absolute atomic E-state index is 0.0658. The standard InChI is InChI=1S/C16H16F3N3O/c1-10-8-20-14(21-10)12-5-6-22(9-12)15(23)11-3-2-4-13(7-11)16(17,18)19/h2-4,7-8,12H,5-6,9H2,1H3,(H,20,21). The molecule has 122 valence electrons. The summed E-state index contributed by atoms with van der Waals surface area (Å²) in [5.41, 5.74) is 0.208. The Morgan fingerprint density at radius 1 is 1.39 bits per heavy atom. The van der Waals surface area contributed by atoms with Gasteiger partial charge in [-0.2, -0.15) is 13.2 Å². The normalized spacial score (nSPS) is 18.4. The highest BCUT2D eigenvalue weighted by atomic mass is 19.4. The van der Waals surface area contributed by atoms with E-state index in [1.165, 1.54) is 12.1 Å². The summed E-state index contributed by atoms with van der Waals surface area (Å²) in [6.45, 7) is 2.87. The maximum Gasteiger partial charge on any atom is 0.416 e. The average Bonchev–Trinajstić information content (AvgIpc) is 3.14. The van der Waals surface area contributed by atoms with Gasteiger partial charge in [0.2, 0.25) is 0 Å². The number of hydrogen-bond donors (Lipinski definition) is 1. The second-order valence-corrected chi connectivity index (χ2v) is 5.77. The van der Waals surface area contributed by atoms with Crippen molar-refractivity contribution in [1.82, 2.24) is 14.9 Å². The number of H-pyrrole nitrogens is 1. The van der Waals surface area contributed by atoms with Crippen LogP contribution in [0.15, 0.2) is 30.5 Å². The van der Waals surface area contributed by atoms with Crippen molar-refractivity contribution in [3.63, 3.8) is 0 Å². The second kappa shape index (κ2) is 5.72. The Morgan fingerprint density at radius 3 is 2.83 bits per heavy atom. The van der Waals surface area contributed by atoms with E-state index >= 15 is 0 Å². The van der Waals surface area contributed by atoms with Gasteiger partial charge in [0.15, 0.2) is 0 Å². The second-order valence-electron chi connectivity index (χ2n) is 5.77. The van der Waals surface area contributed by atoms with E-state index in [9.17, 15) is 18.0 Å². The molecule has 23 heavy (non-hydrogen) atoms. The fourth-order valence-electron chi connectivity index (χ4n) is 2.82. The van der Waals surface area contributed by atoms with Crippen LogP contribution in [0.1, 0.15) is 39.8 Å². The van der Waals surface area contributed by atoms with Crippen molar-refractivity contribution in [3.05, 3.63) is 53.1 Å². The lowest BCUT2D eigenvalue weighted by Gasteiger charge is -2.17. The van der Waals surface area contributed by atoms with E-state index in [1.807, 2.05) is 6.92 Å².